The van der Waals surface area contributed by atoms with Crippen molar-refractivity contribution in [2.45, 2.75) is 13.5 Å². The van der Waals surface area contributed by atoms with Gasteiger partial charge < -0.3 is 10.1 Å². The first-order chi connectivity index (χ1) is 8.78. The third-order valence-electron chi connectivity index (χ3n) is 2.25. The summed E-state index contributed by atoms with van der Waals surface area (Å²) in [5, 5.41) is 3.05. The fourth-order valence-electron chi connectivity index (χ4n) is 1.42. The minimum absolute atomic E-state index is 0.267. The zero-order chi connectivity index (χ0) is 12.8. The van der Waals surface area contributed by atoms with Crippen LogP contribution in [0.25, 0.3) is 0 Å². The Morgan fingerprint density at radius 3 is 2.83 bits per heavy atom. The van der Waals surface area contributed by atoms with E-state index in [0.29, 0.717) is 11.4 Å². The first-order valence-electron chi connectivity index (χ1n) is 5.71. The van der Waals surface area contributed by atoms with E-state index in [4.69, 9.17) is 4.74 Å². The predicted octanol–water partition coefficient (Wildman–Crippen LogP) is 2.63. The third kappa shape index (κ3) is 3.41. The van der Waals surface area contributed by atoms with E-state index in [9.17, 15) is 4.39 Å². The molecule has 0 atom stereocenters. The summed E-state index contributed by atoms with van der Waals surface area (Å²) in [6, 6.07) is 6.01. The number of ether oxygens (including phenoxy) is 1. The Hall–Kier alpha value is -2.17. The first kappa shape index (κ1) is 12.3. The van der Waals surface area contributed by atoms with Crippen LogP contribution in [0, 0.1) is 5.82 Å². The molecule has 1 aromatic carbocycles. The first-order valence-corrected chi connectivity index (χ1v) is 5.71. The Balaban J connectivity index is 1.93. The number of halogens is 1. The molecule has 0 saturated carbocycles. The zero-order valence-electron chi connectivity index (χ0n) is 10.1. The second-order valence-electron chi connectivity index (χ2n) is 3.67. The maximum Gasteiger partial charge on any atom is 0.144 e. The van der Waals surface area contributed by atoms with Crippen molar-refractivity contribution in [2.75, 3.05) is 11.9 Å². The van der Waals surface area contributed by atoms with Crippen LogP contribution in [0.5, 0.6) is 5.75 Å². The summed E-state index contributed by atoms with van der Waals surface area (Å²) in [5.41, 5.74) is 0.695. The van der Waals surface area contributed by atoms with Crippen molar-refractivity contribution in [1.29, 1.82) is 0 Å². The van der Waals surface area contributed by atoms with E-state index in [2.05, 4.69) is 15.3 Å². The molecule has 0 aliphatic carbocycles. The maximum atomic E-state index is 12.9. The van der Waals surface area contributed by atoms with Crippen molar-refractivity contribution in [3.63, 3.8) is 0 Å². The van der Waals surface area contributed by atoms with Crippen molar-refractivity contribution >= 4 is 5.82 Å². The van der Waals surface area contributed by atoms with Gasteiger partial charge in [0.25, 0.3) is 0 Å². The number of anilines is 1. The number of benzene rings is 1. The minimum Gasteiger partial charge on any atom is -0.487 e. The highest BCUT2D eigenvalue weighted by Crippen LogP contribution is 2.13. The molecule has 0 saturated heterocycles. The van der Waals surface area contributed by atoms with Gasteiger partial charge in [-0.1, -0.05) is 6.07 Å². The van der Waals surface area contributed by atoms with Crippen molar-refractivity contribution in [3.05, 3.63) is 48.2 Å². The highest BCUT2D eigenvalue weighted by atomic mass is 19.1. The van der Waals surface area contributed by atoms with E-state index in [1.165, 1.54) is 12.1 Å². The summed E-state index contributed by atoms with van der Waals surface area (Å²) in [4.78, 5) is 8.36. The molecule has 0 amide bonds. The molecule has 2 aromatic rings. The van der Waals surface area contributed by atoms with Gasteiger partial charge in [-0.3, -0.25) is 4.98 Å². The topological polar surface area (TPSA) is 47.0 Å². The molecule has 0 spiro atoms. The van der Waals surface area contributed by atoms with E-state index in [1.54, 1.807) is 24.5 Å². The number of hydrogen-bond acceptors (Lipinski definition) is 4. The summed E-state index contributed by atoms with van der Waals surface area (Å²) in [5.74, 6) is 0.889. The quantitative estimate of drug-likeness (QED) is 0.882. The molecule has 0 aliphatic heterocycles. The Bertz CT molecular complexity index is 502. The van der Waals surface area contributed by atoms with Crippen LogP contribution in [0.2, 0.25) is 0 Å². The van der Waals surface area contributed by atoms with Crippen LogP contribution in [-0.2, 0) is 6.61 Å². The fourth-order valence-corrected chi connectivity index (χ4v) is 1.42. The van der Waals surface area contributed by atoms with Gasteiger partial charge in [0, 0.05) is 12.6 Å². The number of hydrogen-bond donors (Lipinski definition) is 1. The molecule has 0 fully saturated rings. The third-order valence-corrected chi connectivity index (χ3v) is 2.25. The lowest BCUT2D eigenvalue weighted by Gasteiger charge is -2.06. The molecule has 2 rings (SSSR count). The molecule has 0 unspecified atom stereocenters. The van der Waals surface area contributed by atoms with Gasteiger partial charge in [0.15, 0.2) is 0 Å². The lowest BCUT2D eigenvalue weighted by Crippen LogP contribution is -2.03. The Kier molecular flexibility index (Phi) is 4.06. The van der Waals surface area contributed by atoms with Gasteiger partial charge in [-0.05, 0) is 19.1 Å². The Morgan fingerprint density at radius 2 is 2.17 bits per heavy atom. The van der Waals surface area contributed by atoms with Crippen LogP contribution < -0.4 is 10.1 Å². The number of nitrogens with one attached hydrogen (secondary N) is 1. The van der Waals surface area contributed by atoms with Crippen LogP contribution in [0.1, 0.15) is 12.6 Å². The zero-order valence-corrected chi connectivity index (χ0v) is 10.1. The van der Waals surface area contributed by atoms with Gasteiger partial charge >= 0.3 is 0 Å². The molecule has 4 nitrogen and oxygen atoms in total. The summed E-state index contributed by atoms with van der Waals surface area (Å²) in [6.07, 6.45) is 3.28. The van der Waals surface area contributed by atoms with Crippen LogP contribution in [0.15, 0.2) is 36.7 Å². The maximum absolute atomic E-state index is 12.9. The van der Waals surface area contributed by atoms with Crippen molar-refractivity contribution in [2.24, 2.45) is 0 Å². The molecule has 18 heavy (non-hydrogen) atoms. The minimum atomic E-state index is -0.318. The number of rotatable bonds is 5. The summed E-state index contributed by atoms with van der Waals surface area (Å²) in [6.45, 7) is 3.05. The SMILES string of the molecule is CCNc1cnc(COc2cccc(F)c2)cn1. The normalized spacial score (nSPS) is 10.1. The molecule has 5 heteroatoms. The summed E-state index contributed by atoms with van der Waals surface area (Å²) >= 11 is 0. The number of aromatic nitrogens is 2. The fraction of sp³-hybridized carbons (Fsp3) is 0.231. The molecular formula is C13H14FN3O. The predicted molar refractivity (Wildman–Crippen MR) is 66.9 cm³/mol. The van der Waals surface area contributed by atoms with Crippen LogP contribution >= 0.6 is 0 Å². The van der Waals surface area contributed by atoms with E-state index in [0.717, 1.165) is 12.4 Å². The monoisotopic (exact) mass is 247 g/mol. The molecule has 0 bridgehead atoms. The Labute approximate surface area is 105 Å². The Morgan fingerprint density at radius 1 is 1.28 bits per heavy atom. The second-order valence-corrected chi connectivity index (χ2v) is 3.67. The number of nitrogens with zero attached hydrogens (tertiary/aromatic N) is 2. The van der Waals surface area contributed by atoms with Crippen LogP contribution in [0.3, 0.4) is 0 Å². The van der Waals surface area contributed by atoms with Crippen LogP contribution in [-0.4, -0.2) is 16.5 Å². The lowest BCUT2D eigenvalue weighted by molar-refractivity contribution is 0.299. The average molecular weight is 247 g/mol. The second kappa shape index (κ2) is 5.95. The molecule has 1 heterocycles. The van der Waals surface area contributed by atoms with Gasteiger partial charge in [-0.15, -0.1) is 0 Å². The molecule has 1 N–H and O–H groups in total. The largest absolute Gasteiger partial charge is 0.487 e. The van der Waals surface area contributed by atoms with Gasteiger partial charge in [-0.25, -0.2) is 9.37 Å². The van der Waals surface area contributed by atoms with Crippen LogP contribution in [0.4, 0.5) is 10.2 Å². The molecule has 94 valence electrons. The highest BCUT2D eigenvalue weighted by Gasteiger charge is 2.00. The molecular weight excluding hydrogens is 233 g/mol. The van der Waals surface area contributed by atoms with E-state index < -0.39 is 0 Å². The smallest absolute Gasteiger partial charge is 0.144 e. The average Bonchev–Trinajstić information content (AvgIpc) is 2.38. The van der Waals surface area contributed by atoms with Gasteiger partial charge in [0.05, 0.1) is 18.1 Å². The van der Waals surface area contributed by atoms with E-state index >= 15 is 0 Å². The standard InChI is InChI=1S/C13H14FN3O/c1-2-15-13-8-16-11(7-17-13)9-18-12-5-3-4-10(14)6-12/h3-8H,2,9H2,1H3,(H,15,17). The van der Waals surface area contributed by atoms with Crippen molar-refractivity contribution < 1.29 is 9.13 Å². The summed E-state index contributed by atoms with van der Waals surface area (Å²) in [7, 11) is 0. The van der Waals surface area contributed by atoms with Gasteiger partial charge in [0.1, 0.15) is 24.0 Å². The van der Waals surface area contributed by atoms with Crippen molar-refractivity contribution in [3.8, 4) is 5.75 Å². The molecule has 0 aliphatic rings. The lowest BCUT2D eigenvalue weighted by atomic mass is 10.3. The van der Waals surface area contributed by atoms with Crippen molar-refractivity contribution in [1.82, 2.24) is 9.97 Å². The molecule has 1 aromatic heterocycles. The van der Waals surface area contributed by atoms with Gasteiger partial charge in [-0.2, -0.15) is 0 Å². The highest BCUT2D eigenvalue weighted by molar-refractivity contribution is 5.30. The summed E-state index contributed by atoms with van der Waals surface area (Å²) < 4.78 is 18.3. The molecule has 0 radical (unpaired) electrons. The van der Waals surface area contributed by atoms with E-state index in [-0.39, 0.29) is 12.4 Å². The van der Waals surface area contributed by atoms with Gasteiger partial charge in [0.2, 0.25) is 0 Å². The van der Waals surface area contributed by atoms with E-state index in [1.807, 2.05) is 6.92 Å².